The molecule has 0 bridgehead atoms. The van der Waals surface area contributed by atoms with Crippen molar-refractivity contribution in [2.75, 3.05) is 0 Å². The summed E-state index contributed by atoms with van der Waals surface area (Å²) in [5.41, 5.74) is 4.26. The maximum Gasteiger partial charge on any atom is 0.150 e. The van der Waals surface area contributed by atoms with Crippen LogP contribution >= 0.6 is 0 Å². The Kier molecular flexibility index (Phi) is 2.22. The minimum absolute atomic E-state index is 0.720. The molecule has 3 aromatic rings. The van der Waals surface area contributed by atoms with Gasteiger partial charge in [-0.2, -0.15) is 0 Å². The minimum Gasteiger partial charge on any atom is -0.355 e. The van der Waals surface area contributed by atoms with E-state index in [1.165, 1.54) is 10.9 Å². The molecule has 0 atom stereocenters. The maximum absolute atomic E-state index is 10.8. The highest BCUT2D eigenvalue weighted by atomic mass is 16.1. The second kappa shape index (κ2) is 3.74. The van der Waals surface area contributed by atoms with Crippen molar-refractivity contribution < 1.29 is 4.79 Å². The van der Waals surface area contributed by atoms with E-state index < -0.39 is 0 Å². The molecular formula is C15H13NO. The molecule has 3 rings (SSSR count). The van der Waals surface area contributed by atoms with E-state index in [-0.39, 0.29) is 0 Å². The molecule has 2 heteroatoms. The van der Waals surface area contributed by atoms with Crippen LogP contribution in [0, 0.1) is 0 Å². The Morgan fingerprint density at radius 2 is 1.94 bits per heavy atom. The molecule has 1 heterocycles. The fourth-order valence-electron chi connectivity index (χ4n) is 2.26. The fourth-order valence-corrected chi connectivity index (χ4v) is 2.26. The summed E-state index contributed by atoms with van der Waals surface area (Å²) in [7, 11) is 0. The molecule has 2 aromatic carbocycles. The standard InChI is InChI=1S/C15H13NO/c1-2-10-3-5-12-13-7-11(9-17)4-6-14(13)16-15(12)8-10/h3-9,16H,2H2,1H3. The first-order valence-electron chi connectivity index (χ1n) is 5.81. The van der Waals surface area contributed by atoms with Crippen molar-refractivity contribution in [3.63, 3.8) is 0 Å². The van der Waals surface area contributed by atoms with Gasteiger partial charge in [-0.1, -0.05) is 19.1 Å². The van der Waals surface area contributed by atoms with Gasteiger partial charge in [-0.15, -0.1) is 0 Å². The van der Waals surface area contributed by atoms with E-state index in [0.717, 1.165) is 34.7 Å². The number of fused-ring (bicyclic) bond motifs is 3. The number of aryl methyl sites for hydroxylation is 1. The van der Waals surface area contributed by atoms with E-state index in [1.807, 2.05) is 18.2 Å². The number of aldehydes is 1. The lowest BCUT2D eigenvalue weighted by Crippen LogP contribution is -1.78. The number of aromatic nitrogens is 1. The molecule has 1 aromatic heterocycles. The van der Waals surface area contributed by atoms with Gasteiger partial charge in [0.1, 0.15) is 6.29 Å². The summed E-state index contributed by atoms with van der Waals surface area (Å²) in [5.74, 6) is 0. The number of aromatic amines is 1. The van der Waals surface area contributed by atoms with Crippen molar-refractivity contribution >= 4 is 28.1 Å². The Morgan fingerprint density at radius 1 is 1.06 bits per heavy atom. The smallest absolute Gasteiger partial charge is 0.150 e. The molecule has 2 nitrogen and oxygen atoms in total. The topological polar surface area (TPSA) is 32.9 Å². The van der Waals surface area contributed by atoms with Crippen LogP contribution in [0.15, 0.2) is 36.4 Å². The van der Waals surface area contributed by atoms with E-state index in [4.69, 9.17) is 0 Å². The minimum atomic E-state index is 0.720. The van der Waals surface area contributed by atoms with E-state index in [1.54, 1.807) is 0 Å². The molecule has 0 aliphatic rings. The molecule has 0 spiro atoms. The van der Waals surface area contributed by atoms with Crippen LogP contribution in [0.2, 0.25) is 0 Å². The van der Waals surface area contributed by atoms with Crippen molar-refractivity contribution in [3.05, 3.63) is 47.5 Å². The number of carbonyl (C=O) groups is 1. The molecule has 0 unspecified atom stereocenters. The number of hydrogen-bond acceptors (Lipinski definition) is 1. The molecule has 84 valence electrons. The number of hydrogen-bond donors (Lipinski definition) is 1. The summed E-state index contributed by atoms with van der Waals surface area (Å²) in [4.78, 5) is 14.2. The van der Waals surface area contributed by atoms with Gasteiger partial charge in [0.15, 0.2) is 0 Å². The molecule has 0 aliphatic carbocycles. The van der Waals surface area contributed by atoms with Crippen molar-refractivity contribution in [2.45, 2.75) is 13.3 Å². The summed E-state index contributed by atoms with van der Waals surface area (Å²) in [6, 6.07) is 12.2. The quantitative estimate of drug-likeness (QED) is 0.660. The number of rotatable bonds is 2. The second-order valence-electron chi connectivity index (χ2n) is 4.28. The zero-order chi connectivity index (χ0) is 11.8. The molecule has 17 heavy (non-hydrogen) atoms. The van der Waals surface area contributed by atoms with Crippen LogP contribution in [0.25, 0.3) is 21.8 Å². The largest absolute Gasteiger partial charge is 0.355 e. The average Bonchev–Trinajstić information content (AvgIpc) is 2.74. The lowest BCUT2D eigenvalue weighted by Gasteiger charge is -1.96. The van der Waals surface area contributed by atoms with Gasteiger partial charge in [-0.3, -0.25) is 4.79 Å². The fraction of sp³-hybridized carbons (Fsp3) is 0.133. The predicted molar refractivity (Wildman–Crippen MR) is 70.6 cm³/mol. The van der Waals surface area contributed by atoms with E-state index in [9.17, 15) is 4.79 Å². The van der Waals surface area contributed by atoms with Crippen LogP contribution in [0.1, 0.15) is 22.8 Å². The molecule has 0 saturated carbocycles. The van der Waals surface area contributed by atoms with Crippen LogP contribution in [0.4, 0.5) is 0 Å². The van der Waals surface area contributed by atoms with E-state index in [2.05, 4.69) is 30.1 Å². The monoisotopic (exact) mass is 223 g/mol. The highest BCUT2D eigenvalue weighted by molar-refractivity contribution is 6.08. The SMILES string of the molecule is CCc1ccc2c(c1)[nH]c1ccc(C=O)cc12. The number of carbonyl (C=O) groups excluding carboxylic acids is 1. The molecule has 0 fully saturated rings. The van der Waals surface area contributed by atoms with Crippen molar-refractivity contribution in [3.8, 4) is 0 Å². The number of H-pyrrole nitrogens is 1. The zero-order valence-electron chi connectivity index (χ0n) is 9.66. The molecule has 0 radical (unpaired) electrons. The Balaban J connectivity index is 2.38. The molecule has 0 saturated heterocycles. The molecule has 0 aliphatic heterocycles. The van der Waals surface area contributed by atoms with Gasteiger partial charge in [0, 0.05) is 27.4 Å². The first-order valence-corrected chi connectivity index (χ1v) is 5.81. The highest BCUT2D eigenvalue weighted by Crippen LogP contribution is 2.26. The first-order chi connectivity index (χ1) is 8.31. The predicted octanol–water partition coefficient (Wildman–Crippen LogP) is 3.70. The highest BCUT2D eigenvalue weighted by Gasteiger charge is 2.05. The van der Waals surface area contributed by atoms with Crippen molar-refractivity contribution in [1.29, 1.82) is 0 Å². The second-order valence-corrected chi connectivity index (χ2v) is 4.28. The summed E-state index contributed by atoms with van der Waals surface area (Å²) in [6.07, 6.45) is 1.92. The van der Waals surface area contributed by atoms with Gasteiger partial charge >= 0.3 is 0 Å². The third-order valence-electron chi connectivity index (χ3n) is 3.23. The Morgan fingerprint density at radius 3 is 2.71 bits per heavy atom. The molecular weight excluding hydrogens is 210 g/mol. The third kappa shape index (κ3) is 1.53. The third-order valence-corrected chi connectivity index (χ3v) is 3.23. The maximum atomic E-state index is 10.8. The van der Waals surface area contributed by atoms with E-state index >= 15 is 0 Å². The van der Waals surface area contributed by atoms with Crippen LogP contribution in [0.5, 0.6) is 0 Å². The average molecular weight is 223 g/mol. The zero-order valence-corrected chi connectivity index (χ0v) is 9.66. The van der Waals surface area contributed by atoms with E-state index in [0.29, 0.717) is 0 Å². The van der Waals surface area contributed by atoms with Gasteiger partial charge in [-0.25, -0.2) is 0 Å². The Labute approximate surface area is 99.3 Å². The summed E-state index contributed by atoms with van der Waals surface area (Å²) >= 11 is 0. The first kappa shape index (κ1) is 10.1. The van der Waals surface area contributed by atoms with Gasteiger partial charge in [0.25, 0.3) is 0 Å². The number of benzene rings is 2. The lowest BCUT2D eigenvalue weighted by molar-refractivity contribution is 0.112. The lowest BCUT2D eigenvalue weighted by atomic mass is 10.1. The van der Waals surface area contributed by atoms with Gasteiger partial charge in [-0.05, 0) is 36.2 Å². The Hall–Kier alpha value is -2.09. The molecule has 1 N–H and O–H groups in total. The van der Waals surface area contributed by atoms with Gasteiger partial charge < -0.3 is 4.98 Å². The summed E-state index contributed by atoms with van der Waals surface area (Å²) in [5, 5.41) is 2.30. The van der Waals surface area contributed by atoms with Crippen molar-refractivity contribution in [2.24, 2.45) is 0 Å². The van der Waals surface area contributed by atoms with Crippen LogP contribution < -0.4 is 0 Å². The molecule has 0 amide bonds. The van der Waals surface area contributed by atoms with Crippen LogP contribution in [-0.4, -0.2) is 11.3 Å². The number of nitrogens with one attached hydrogen (secondary N) is 1. The summed E-state index contributed by atoms with van der Waals surface area (Å²) < 4.78 is 0. The summed E-state index contributed by atoms with van der Waals surface area (Å²) in [6.45, 7) is 2.15. The van der Waals surface area contributed by atoms with Gasteiger partial charge in [0.2, 0.25) is 0 Å². The van der Waals surface area contributed by atoms with Crippen LogP contribution in [-0.2, 0) is 6.42 Å². The normalized spacial score (nSPS) is 11.1. The van der Waals surface area contributed by atoms with Crippen LogP contribution in [0.3, 0.4) is 0 Å². The van der Waals surface area contributed by atoms with Crippen molar-refractivity contribution in [1.82, 2.24) is 4.98 Å². The Bertz CT molecular complexity index is 709. The van der Waals surface area contributed by atoms with Gasteiger partial charge in [0.05, 0.1) is 0 Å².